The summed E-state index contributed by atoms with van der Waals surface area (Å²) in [6.07, 6.45) is 0. The molecule has 31 rings (SSSR count). The number of benzene rings is 24. The highest BCUT2D eigenvalue weighted by Crippen LogP contribution is 2.48. The Morgan fingerprint density at radius 1 is 0.128 bits per heavy atom. The predicted molar refractivity (Wildman–Crippen MR) is 623 cm³/mol. The molecular weight excluding hydrogens is 1860 g/mol. The van der Waals surface area contributed by atoms with E-state index in [1.54, 1.807) is 0 Å². The number of thiophene rings is 3. The van der Waals surface area contributed by atoms with Gasteiger partial charge in [0.15, 0.2) is 52.4 Å². The molecule has 0 saturated heterocycles. The lowest BCUT2D eigenvalue weighted by Crippen LogP contribution is -2.00. The van der Waals surface area contributed by atoms with Crippen LogP contribution in [0, 0.1) is 0 Å². The van der Waals surface area contributed by atoms with E-state index in [-0.39, 0.29) is 0 Å². The average molecular weight is 1940 g/mol. The van der Waals surface area contributed by atoms with E-state index in [0.717, 1.165) is 105 Å². The zero-order valence-electron chi connectivity index (χ0n) is 79.3. The molecule has 0 N–H and O–H groups in total. The van der Waals surface area contributed by atoms with E-state index in [2.05, 4.69) is 376 Å². The van der Waals surface area contributed by atoms with Gasteiger partial charge in [0.1, 0.15) is 11.2 Å². The van der Waals surface area contributed by atoms with Gasteiger partial charge in [-0.05, 0) is 199 Å². The molecule has 7 heterocycles. The first-order valence-electron chi connectivity index (χ1n) is 49.6. The van der Waals surface area contributed by atoms with Gasteiger partial charge in [0.25, 0.3) is 0 Å². The minimum Gasteiger partial charge on any atom is -0.455 e. The van der Waals surface area contributed by atoms with Crippen LogP contribution < -0.4 is 0 Å². The maximum atomic E-state index is 6.41. The fourth-order valence-corrected chi connectivity index (χ4v) is 25.1. The van der Waals surface area contributed by atoms with Crippen molar-refractivity contribution in [3.8, 4) is 125 Å². The van der Waals surface area contributed by atoms with E-state index >= 15 is 0 Å². The summed E-state index contributed by atoms with van der Waals surface area (Å²) in [6, 6.07) is 169. The second-order valence-corrected chi connectivity index (χ2v) is 40.9. The topological polar surface area (TPSA) is 129 Å². The van der Waals surface area contributed by atoms with Crippen molar-refractivity contribution in [3.63, 3.8) is 0 Å². The number of rotatable bonds is 11. The molecule has 0 fully saturated rings. The standard InChI is InChI=1S/C45H27N3O.C45H25N3S2.C45H27N3S/c1-3-9-28(10-4-1)29-15-18-32(19-16-29)44-46-43(31-11-5-2-6-12-31)47-45(48-44)34-22-23-35-33(27-34)20-17-30-21-24-39-37(41(30)35)25-26-38-36-13-7-8-14-40(36)49-42(38)39;1-2-8-27(9-3-1)43-46-44(48-45(47-43)30-18-22-39-36(25-30)32-10-4-6-12-37(32)49-39)29-17-19-31-28(24-29)15-14-26-16-20-34-33(41(26)31)21-23-40-42(34)35-11-5-7-13-38(35)50-40;1-3-9-28(10-4-1)29-15-18-32(19-16-29)44-46-43(31-11-5-2-6-12-31)47-45(48-44)34-22-23-35-33(27-34)20-17-30-21-24-37-36(41(30)35)25-26-40-42(37)38-13-7-8-14-39(38)49-40/h1-27H;1-25H;1-27H. The van der Waals surface area contributed by atoms with Crippen LogP contribution in [-0.2, 0) is 0 Å². The van der Waals surface area contributed by atoms with E-state index in [4.69, 9.17) is 49.3 Å². The Balaban J connectivity index is 0.000000105. The second-order valence-electron chi connectivity index (χ2n) is 37.6. The highest BCUT2D eigenvalue weighted by molar-refractivity contribution is 7.26. The molecule has 7 aromatic heterocycles. The van der Waals surface area contributed by atoms with E-state index < -0.39 is 0 Å². The highest BCUT2D eigenvalue weighted by atomic mass is 32.1. The largest absolute Gasteiger partial charge is 0.455 e. The molecule has 0 radical (unpaired) electrons. The first kappa shape index (κ1) is 85.8. The smallest absolute Gasteiger partial charge is 0.164 e. The van der Waals surface area contributed by atoms with Crippen molar-refractivity contribution in [1.29, 1.82) is 0 Å². The summed E-state index contributed by atoms with van der Waals surface area (Å²) >= 11 is 5.55. The number of furan rings is 1. The Hall–Kier alpha value is -18.9. The summed E-state index contributed by atoms with van der Waals surface area (Å²) in [5.74, 6) is 5.89. The second kappa shape index (κ2) is 35.6. The lowest BCUT2D eigenvalue weighted by Gasteiger charge is -2.12. The molecular formula is C135H79N9OS3. The van der Waals surface area contributed by atoms with Crippen molar-refractivity contribution in [1.82, 2.24) is 44.9 Å². The van der Waals surface area contributed by atoms with Crippen LogP contribution in [-0.4, -0.2) is 44.9 Å². The van der Waals surface area contributed by atoms with Crippen LogP contribution in [0.15, 0.2) is 484 Å². The molecule has 0 unspecified atom stereocenters. The van der Waals surface area contributed by atoms with Crippen LogP contribution in [0.25, 0.3) is 304 Å². The zero-order valence-corrected chi connectivity index (χ0v) is 81.7. The fraction of sp³-hybridized carbons (Fsp3) is 0. The van der Waals surface area contributed by atoms with Gasteiger partial charge in [-0.15, -0.1) is 34.0 Å². The van der Waals surface area contributed by atoms with Crippen molar-refractivity contribution in [2.75, 3.05) is 0 Å². The molecule has 688 valence electrons. The normalized spacial score (nSPS) is 11.8. The Morgan fingerprint density at radius 3 is 0.770 bits per heavy atom. The van der Waals surface area contributed by atoms with Crippen LogP contribution in [0.5, 0.6) is 0 Å². The van der Waals surface area contributed by atoms with Gasteiger partial charge < -0.3 is 4.42 Å². The molecule has 13 heteroatoms. The van der Waals surface area contributed by atoms with Crippen molar-refractivity contribution in [2.45, 2.75) is 0 Å². The summed E-state index contributed by atoms with van der Waals surface area (Å²) in [4.78, 5) is 45.3. The molecule has 0 atom stereocenters. The van der Waals surface area contributed by atoms with Gasteiger partial charge >= 0.3 is 0 Å². The van der Waals surface area contributed by atoms with Gasteiger partial charge in [-0.25, -0.2) is 44.9 Å². The van der Waals surface area contributed by atoms with Crippen molar-refractivity contribution >= 4 is 213 Å². The third-order valence-electron chi connectivity index (χ3n) is 28.9. The summed E-state index contributed by atoms with van der Waals surface area (Å²) in [7, 11) is 0. The Morgan fingerprint density at radius 2 is 0.358 bits per heavy atom. The van der Waals surface area contributed by atoms with Crippen LogP contribution in [0.2, 0.25) is 0 Å². The molecule has 0 amide bonds. The Kier molecular flexibility index (Phi) is 20.7. The molecule has 0 aliphatic carbocycles. The number of hydrogen-bond donors (Lipinski definition) is 0. The van der Waals surface area contributed by atoms with Crippen LogP contribution in [0.4, 0.5) is 0 Å². The lowest BCUT2D eigenvalue weighted by atomic mass is 9.93. The van der Waals surface area contributed by atoms with Crippen molar-refractivity contribution in [3.05, 3.63) is 479 Å². The summed E-state index contributed by atoms with van der Waals surface area (Å²) in [5, 5.41) is 32.0. The number of aromatic nitrogens is 9. The van der Waals surface area contributed by atoms with E-state index in [9.17, 15) is 0 Å². The monoisotopic (exact) mass is 1940 g/mol. The molecule has 10 nitrogen and oxygen atoms in total. The van der Waals surface area contributed by atoms with Gasteiger partial charge in [-0.3, -0.25) is 0 Å². The number of hydrogen-bond acceptors (Lipinski definition) is 13. The molecule has 0 aliphatic heterocycles. The molecule has 0 spiro atoms. The molecule has 0 bridgehead atoms. The summed E-state index contributed by atoms with van der Waals surface area (Å²) in [6.45, 7) is 0. The third kappa shape index (κ3) is 15.1. The number of nitrogens with zero attached hydrogens (tertiary/aromatic N) is 9. The van der Waals surface area contributed by atoms with Crippen LogP contribution >= 0.6 is 34.0 Å². The lowest BCUT2D eigenvalue weighted by molar-refractivity contribution is 0.672. The maximum absolute atomic E-state index is 6.41. The summed E-state index contributed by atoms with van der Waals surface area (Å²) < 4.78 is 14.2. The molecule has 0 saturated carbocycles. The van der Waals surface area contributed by atoms with Gasteiger partial charge in [-0.2, -0.15) is 0 Å². The molecule has 24 aromatic carbocycles. The van der Waals surface area contributed by atoms with Crippen molar-refractivity contribution in [2.24, 2.45) is 0 Å². The highest BCUT2D eigenvalue weighted by Gasteiger charge is 2.24. The van der Waals surface area contributed by atoms with Gasteiger partial charge in [0.2, 0.25) is 0 Å². The van der Waals surface area contributed by atoms with Gasteiger partial charge in [0.05, 0.1) is 0 Å². The first-order valence-corrected chi connectivity index (χ1v) is 52.0. The third-order valence-corrected chi connectivity index (χ3v) is 32.3. The zero-order chi connectivity index (χ0) is 97.4. The quantitative estimate of drug-likeness (QED) is 0.115. The van der Waals surface area contributed by atoms with Crippen molar-refractivity contribution < 1.29 is 4.42 Å². The first-order chi connectivity index (χ1) is 73.3. The average Bonchev–Trinajstić information content (AvgIpc) is 1.49. The Bertz CT molecular complexity index is 10800. The van der Waals surface area contributed by atoms with E-state index in [1.807, 2.05) is 137 Å². The van der Waals surface area contributed by atoms with E-state index in [0.29, 0.717) is 52.4 Å². The SMILES string of the molecule is c1ccc(-c2ccc(-c3nc(-c4ccccc4)nc(-c4ccc5c(ccc6ccc7c(ccc8c9ccccc9oc87)c65)c4)n3)cc2)cc1.c1ccc(-c2ccc(-c3nc(-c4ccccc4)nc(-c4ccc5c(ccc6ccc7c(ccc8sc9ccccc9c87)c65)c4)n3)cc2)cc1.c1ccc(-c2nc(-c3ccc4c(ccc5ccc6c(ccc7sc8ccccc8c76)c54)c3)nc(-c3ccc4sc5ccccc5c4c3)n2)cc1. The molecule has 31 aromatic rings. The van der Waals surface area contributed by atoms with Gasteiger partial charge in [0, 0.05) is 127 Å². The minimum atomic E-state index is 0.639. The minimum absolute atomic E-state index is 0.639. The number of para-hydroxylation sites is 1. The number of fused-ring (bicyclic) bond motifs is 30. The Labute approximate surface area is 859 Å². The predicted octanol–water partition coefficient (Wildman–Crippen LogP) is 37.3. The molecule has 148 heavy (non-hydrogen) atoms. The summed E-state index contributed by atoms with van der Waals surface area (Å²) in [5.41, 5.74) is 15.1. The maximum Gasteiger partial charge on any atom is 0.164 e. The van der Waals surface area contributed by atoms with Crippen LogP contribution in [0.1, 0.15) is 0 Å². The van der Waals surface area contributed by atoms with Gasteiger partial charge in [-0.1, -0.05) is 394 Å². The fourth-order valence-electron chi connectivity index (χ4n) is 21.8. The van der Waals surface area contributed by atoms with E-state index in [1.165, 1.54) is 147 Å². The molecule has 0 aliphatic rings. The van der Waals surface area contributed by atoms with Crippen LogP contribution in [0.3, 0.4) is 0 Å².